The molecule has 0 radical (unpaired) electrons. The number of carbonyl (C=O) groups is 2. The summed E-state index contributed by atoms with van der Waals surface area (Å²) in [5.74, 6) is -1.25. The summed E-state index contributed by atoms with van der Waals surface area (Å²) in [5, 5.41) is 0.410. The second-order valence-electron chi connectivity index (χ2n) is 7.54. The lowest BCUT2D eigenvalue weighted by atomic mass is 9.73. The first kappa shape index (κ1) is 19.7. The number of rotatable bonds is 3. The molecule has 30 heavy (non-hydrogen) atoms. The van der Waals surface area contributed by atoms with Crippen LogP contribution in [-0.4, -0.2) is 27.0 Å². The predicted octanol–water partition coefficient (Wildman–Crippen LogP) is 3.68. The molecule has 152 valence electrons. The van der Waals surface area contributed by atoms with Crippen molar-refractivity contribution in [3.05, 3.63) is 75.8 Å². The first-order valence-corrected chi connectivity index (χ1v) is 9.62. The molecule has 1 aliphatic heterocycles. The van der Waals surface area contributed by atoms with Crippen LogP contribution in [-0.2, 0) is 4.79 Å². The fraction of sp³-hybridized carbons (Fsp3) is 0.261. The maximum atomic E-state index is 13.4. The van der Waals surface area contributed by atoms with Crippen molar-refractivity contribution in [3.8, 4) is 0 Å². The van der Waals surface area contributed by atoms with Crippen LogP contribution >= 0.6 is 0 Å². The molecule has 2 aromatic heterocycles. The van der Waals surface area contributed by atoms with E-state index in [0.717, 1.165) is 0 Å². The lowest BCUT2D eigenvalue weighted by Gasteiger charge is -2.32. The van der Waals surface area contributed by atoms with Gasteiger partial charge in [0.2, 0.25) is 0 Å². The molecule has 0 bridgehead atoms. The molecule has 7 heteroatoms. The number of Topliss-reactive ketones (excluding diaryl/α,β-unsaturated/α-hetero) is 1. The van der Waals surface area contributed by atoms with Gasteiger partial charge in [0.05, 0.1) is 11.3 Å². The van der Waals surface area contributed by atoms with Gasteiger partial charge in [-0.15, -0.1) is 0 Å². The lowest BCUT2D eigenvalue weighted by Crippen LogP contribution is -2.35. The standard InChI is InChI=1S/C23H21N3O4/c1-12-10-18(28)16-6-5-7-17(22(16)30-12)21-19(15(4)27)13(2)25-14(3)20(21)23(29)26-9-8-24-11-26/h5-11,19,21H,1-4H3/t19?,21-/m1/s1. The van der Waals surface area contributed by atoms with Crippen LogP contribution in [0.2, 0.25) is 0 Å². The fourth-order valence-corrected chi connectivity index (χ4v) is 4.26. The number of aliphatic imine (C=N–C) groups is 1. The Morgan fingerprint density at radius 1 is 1.17 bits per heavy atom. The van der Waals surface area contributed by atoms with Crippen LogP contribution < -0.4 is 5.43 Å². The second-order valence-corrected chi connectivity index (χ2v) is 7.54. The van der Waals surface area contributed by atoms with Gasteiger partial charge in [0.25, 0.3) is 5.91 Å². The summed E-state index contributed by atoms with van der Waals surface area (Å²) in [5.41, 5.74) is 2.37. The number of benzene rings is 1. The number of ketones is 1. The molecule has 0 aliphatic carbocycles. The number of imidazole rings is 1. The average Bonchev–Trinajstić information content (AvgIpc) is 3.21. The Morgan fingerprint density at radius 3 is 2.60 bits per heavy atom. The second kappa shape index (κ2) is 7.33. The first-order valence-electron chi connectivity index (χ1n) is 9.62. The quantitative estimate of drug-likeness (QED) is 0.665. The molecular formula is C23H21N3O4. The minimum Gasteiger partial charge on any atom is -0.461 e. The number of nitrogens with zero attached hydrogens (tertiary/aromatic N) is 3. The van der Waals surface area contributed by atoms with Gasteiger partial charge in [0.1, 0.15) is 23.5 Å². The van der Waals surface area contributed by atoms with E-state index in [-0.39, 0.29) is 17.1 Å². The summed E-state index contributed by atoms with van der Waals surface area (Å²) in [6, 6.07) is 6.67. The summed E-state index contributed by atoms with van der Waals surface area (Å²) in [6.45, 7) is 6.73. The van der Waals surface area contributed by atoms with Gasteiger partial charge in [0, 0.05) is 46.9 Å². The summed E-state index contributed by atoms with van der Waals surface area (Å²) in [7, 11) is 0. The predicted molar refractivity (Wildman–Crippen MR) is 113 cm³/mol. The molecule has 0 amide bonds. The molecule has 4 rings (SSSR count). The van der Waals surface area contributed by atoms with Gasteiger partial charge < -0.3 is 4.42 Å². The van der Waals surface area contributed by atoms with E-state index in [1.165, 1.54) is 30.1 Å². The molecule has 0 fully saturated rings. The Kier molecular flexibility index (Phi) is 4.81. The van der Waals surface area contributed by atoms with Crippen LogP contribution in [0.5, 0.6) is 0 Å². The van der Waals surface area contributed by atoms with E-state index in [9.17, 15) is 14.4 Å². The summed E-state index contributed by atoms with van der Waals surface area (Å²) in [6.07, 6.45) is 4.49. The summed E-state index contributed by atoms with van der Waals surface area (Å²) < 4.78 is 7.31. The number of hydrogen-bond donors (Lipinski definition) is 0. The minimum atomic E-state index is -0.646. The van der Waals surface area contributed by atoms with Gasteiger partial charge in [-0.1, -0.05) is 12.1 Å². The van der Waals surface area contributed by atoms with Crippen LogP contribution in [0, 0.1) is 12.8 Å². The Bertz CT molecular complexity index is 1300. The topological polar surface area (TPSA) is 94.5 Å². The fourth-order valence-electron chi connectivity index (χ4n) is 4.26. The zero-order valence-corrected chi connectivity index (χ0v) is 17.2. The van der Waals surface area contributed by atoms with Crippen LogP contribution in [0.1, 0.15) is 42.8 Å². The smallest absolute Gasteiger partial charge is 0.261 e. The van der Waals surface area contributed by atoms with Gasteiger partial charge in [0.15, 0.2) is 5.43 Å². The van der Waals surface area contributed by atoms with Crippen LogP contribution in [0.15, 0.2) is 68.5 Å². The molecule has 3 heterocycles. The highest BCUT2D eigenvalue weighted by molar-refractivity contribution is 6.10. The third-order valence-corrected chi connectivity index (χ3v) is 5.48. The molecule has 0 saturated carbocycles. The van der Waals surface area contributed by atoms with Crippen molar-refractivity contribution in [2.45, 2.75) is 33.6 Å². The lowest BCUT2D eigenvalue weighted by molar-refractivity contribution is -0.119. The first-order chi connectivity index (χ1) is 14.3. The third-order valence-electron chi connectivity index (χ3n) is 5.48. The number of allylic oxidation sites excluding steroid dienone is 2. The van der Waals surface area contributed by atoms with Gasteiger partial charge >= 0.3 is 0 Å². The molecular weight excluding hydrogens is 382 g/mol. The Morgan fingerprint density at radius 2 is 1.93 bits per heavy atom. The number of fused-ring (bicyclic) bond motifs is 1. The highest BCUT2D eigenvalue weighted by atomic mass is 16.3. The number of hydrogen-bond acceptors (Lipinski definition) is 6. The van der Waals surface area contributed by atoms with E-state index in [4.69, 9.17) is 4.42 Å². The zero-order valence-electron chi connectivity index (χ0n) is 17.2. The molecule has 0 saturated heterocycles. The van der Waals surface area contributed by atoms with Gasteiger partial charge in [-0.2, -0.15) is 0 Å². The van der Waals surface area contributed by atoms with Crippen molar-refractivity contribution in [1.82, 2.24) is 9.55 Å². The van der Waals surface area contributed by atoms with E-state index < -0.39 is 11.8 Å². The third kappa shape index (κ3) is 3.12. The SMILES string of the molecule is CC(=O)C1C(C)=NC(C)=C(C(=O)n2ccnc2)[C@@H]1c1cccc2c(=O)cc(C)oc12. The molecule has 2 atom stereocenters. The van der Waals surface area contributed by atoms with Crippen LogP contribution in [0.4, 0.5) is 0 Å². The maximum Gasteiger partial charge on any atom is 0.261 e. The van der Waals surface area contributed by atoms with Crippen molar-refractivity contribution < 1.29 is 14.0 Å². The van der Waals surface area contributed by atoms with Gasteiger partial charge in [-0.3, -0.25) is 23.9 Å². The summed E-state index contributed by atoms with van der Waals surface area (Å²) >= 11 is 0. The Labute approximate surface area is 172 Å². The van der Waals surface area contributed by atoms with Crippen molar-refractivity contribution in [2.75, 3.05) is 0 Å². The Hall–Kier alpha value is -3.61. The number of aromatic nitrogens is 2. The van der Waals surface area contributed by atoms with Gasteiger partial charge in [-0.05, 0) is 33.8 Å². The zero-order chi connectivity index (χ0) is 21.6. The minimum absolute atomic E-state index is 0.114. The van der Waals surface area contributed by atoms with Crippen molar-refractivity contribution in [2.24, 2.45) is 10.9 Å². The van der Waals surface area contributed by atoms with E-state index in [1.807, 2.05) is 0 Å². The molecule has 0 N–H and O–H groups in total. The normalized spacial score (nSPS) is 19.1. The Balaban J connectivity index is 2.05. The van der Waals surface area contributed by atoms with E-state index in [1.54, 1.807) is 45.2 Å². The van der Waals surface area contributed by atoms with E-state index >= 15 is 0 Å². The van der Waals surface area contributed by atoms with Gasteiger partial charge in [-0.25, -0.2) is 4.98 Å². The highest BCUT2D eigenvalue weighted by Crippen LogP contribution is 2.42. The number of aryl methyl sites for hydroxylation is 1. The molecule has 7 nitrogen and oxygen atoms in total. The molecule has 0 spiro atoms. The largest absolute Gasteiger partial charge is 0.461 e. The number of carbonyl (C=O) groups excluding carboxylic acids is 2. The van der Waals surface area contributed by atoms with Crippen molar-refractivity contribution in [3.63, 3.8) is 0 Å². The van der Waals surface area contributed by atoms with E-state index in [0.29, 0.717) is 39.3 Å². The molecule has 3 aromatic rings. The van der Waals surface area contributed by atoms with Crippen molar-refractivity contribution >= 4 is 28.4 Å². The molecule has 1 aliphatic rings. The summed E-state index contributed by atoms with van der Waals surface area (Å²) in [4.78, 5) is 47.1. The highest BCUT2D eigenvalue weighted by Gasteiger charge is 2.41. The van der Waals surface area contributed by atoms with E-state index in [2.05, 4.69) is 9.98 Å². The maximum absolute atomic E-state index is 13.4. The van der Waals surface area contributed by atoms with Crippen LogP contribution in [0.25, 0.3) is 11.0 Å². The average molecular weight is 403 g/mol. The van der Waals surface area contributed by atoms with Crippen LogP contribution in [0.3, 0.4) is 0 Å². The molecule has 1 aromatic carbocycles. The molecule has 1 unspecified atom stereocenters. The number of para-hydroxylation sites is 1. The van der Waals surface area contributed by atoms with Crippen molar-refractivity contribution in [1.29, 1.82) is 0 Å². The monoisotopic (exact) mass is 403 g/mol.